The van der Waals surface area contributed by atoms with Gasteiger partial charge in [-0.2, -0.15) is 0 Å². The fraction of sp³-hybridized carbons (Fsp3) is 0.188. The molecule has 4 nitrogen and oxygen atoms in total. The van der Waals surface area contributed by atoms with Crippen molar-refractivity contribution in [1.82, 2.24) is 0 Å². The monoisotopic (exact) mass is 288 g/mol. The second-order valence-corrected chi connectivity index (χ2v) is 4.72. The highest BCUT2D eigenvalue weighted by molar-refractivity contribution is 5.96. The van der Waals surface area contributed by atoms with E-state index in [9.17, 15) is 9.18 Å². The van der Waals surface area contributed by atoms with Crippen LogP contribution in [-0.2, 0) is 11.3 Å². The van der Waals surface area contributed by atoms with Gasteiger partial charge >= 0.3 is 5.97 Å². The van der Waals surface area contributed by atoms with Crippen LogP contribution in [0.3, 0.4) is 0 Å². The zero-order valence-corrected chi connectivity index (χ0v) is 12.0. The number of rotatable bonds is 4. The predicted molar refractivity (Wildman–Crippen MR) is 80.7 cm³/mol. The van der Waals surface area contributed by atoms with Crippen LogP contribution in [-0.4, -0.2) is 20.1 Å². The number of benzene rings is 2. The maximum Gasteiger partial charge on any atom is 0.340 e. The molecule has 0 atom stereocenters. The Bertz CT molecular complexity index is 658. The lowest BCUT2D eigenvalue weighted by Crippen LogP contribution is -2.20. The number of nitrogen functional groups attached to an aromatic ring is 1. The van der Waals surface area contributed by atoms with Gasteiger partial charge in [0.25, 0.3) is 0 Å². The van der Waals surface area contributed by atoms with Crippen molar-refractivity contribution in [2.24, 2.45) is 0 Å². The van der Waals surface area contributed by atoms with Crippen molar-refractivity contribution in [2.45, 2.75) is 6.54 Å². The molecule has 2 rings (SSSR count). The van der Waals surface area contributed by atoms with Crippen molar-refractivity contribution >= 4 is 17.3 Å². The highest BCUT2D eigenvalue weighted by atomic mass is 19.1. The first-order chi connectivity index (χ1) is 10.0. The van der Waals surface area contributed by atoms with Crippen molar-refractivity contribution in [2.75, 3.05) is 24.8 Å². The molecule has 0 amide bonds. The van der Waals surface area contributed by atoms with E-state index in [1.54, 1.807) is 48.3 Å². The Morgan fingerprint density at radius 2 is 2.00 bits per heavy atom. The lowest BCUT2D eigenvalue weighted by atomic mass is 10.1. The smallest absolute Gasteiger partial charge is 0.340 e. The van der Waals surface area contributed by atoms with Gasteiger partial charge in [-0.25, -0.2) is 9.18 Å². The Hall–Kier alpha value is -2.56. The fourth-order valence-corrected chi connectivity index (χ4v) is 2.13. The number of halogens is 1. The van der Waals surface area contributed by atoms with Crippen LogP contribution in [0, 0.1) is 5.82 Å². The predicted octanol–water partition coefficient (Wildman–Crippen LogP) is 2.83. The van der Waals surface area contributed by atoms with Gasteiger partial charge < -0.3 is 15.4 Å². The molecule has 0 fully saturated rings. The van der Waals surface area contributed by atoms with Gasteiger partial charge in [0.05, 0.1) is 18.4 Å². The minimum Gasteiger partial charge on any atom is -0.465 e. The van der Waals surface area contributed by atoms with E-state index < -0.39 is 5.97 Å². The first-order valence-corrected chi connectivity index (χ1v) is 6.45. The standard InChI is InChI=1S/C16H17FN2O2/c1-19(10-11-5-3-4-6-14(11)17)15-8-7-12(18)9-13(15)16(20)21-2/h3-9H,10,18H2,1-2H3. The molecule has 0 aliphatic rings. The summed E-state index contributed by atoms with van der Waals surface area (Å²) in [6.45, 7) is 0.334. The topological polar surface area (TPSA) is 55.6 Å². The van der Waals surface area contributed by atoms with Crippen molar-refractivity contribution in [3.05, 3.63) is 59.4 Å². The minimum absolute atomic E-state index is 0.278. The van der Waals surface area contributed by atoms with Gasteiger partial charge in [0.15, 0.2) is 0 Å². The van der Waals surface area contributed by atoms with Crippen LogP contribution in [0.1, 0.15) is 15.9 Å². The van der Waals surface area contributed by atoms with Gasteiger partial charge in [-0.1, -0.05) is 18.2 Å². The molecular formula is C16H17FN2O2. The van der Waals surface area contributed by atoms with Crippen molar-refractivity contribution < 1.29 is 13.9 Å². The van der Waals surface area contributed by atoms with E-state index in [1.807, 2.05) is 0 Å². The highest BCUT2D eigenvalue weighted by Crippen LogP contribution is 2.25. The van der Waals surface area contributed by atoms with E-state index in [2.05, 4.69) is 0 Å². The van der Waals surface area contributed by atoms with E-state index in [0.29, 0.717) is 29.0 Å². The van der Waals surface area contributed by atoms with E-state index in [0.717, 1.165) is 0 Å². The first kappa shape index (κ1) is 14.8. The molecule has 0 aromatic heterocycles. The quantitative estimate of drug-likeness (QED) is 0.694. The summed E-state index contributed by atoms with van der Waals surface area (Å²) in [5.74, 6) is -0.753. The highest BCUT2D eigenvalue weighted by Gasteiger charge is 2.16. The van der Waals surface area contributed by atoms with Gasteiger partial charge in [0.2, 0.25) is 0 Å². The summed E-state index contributed by atoms with van der Waals surface area (Å²) in [5, 5.41) is 0. The third-order valence-corrected chi connectivity index (χ3v) is 3.20. The molecule has 0 saturated heterocycles. The van der Waals surface area contributed by atoms with Crippen LogP contribution in [0.5, 0.6) is 0 Å². The van der Waals surface area contributed by atoms with Crippen LogP contribution in [0.2, 0.25) is 0 Å². The van der Waals surface area contributed by atoms with E-state index in [4.69, 9.17) is 10.5 Å². The number of esters is 1. The van der Waals surface area contributed by atoms with E-state index in [1.165, 1.54) is 13.2 Å². The van der Waals surface area contributed by atoms with Crippen LogP contribution in [0.4, 0.5) is 15.8 Å². The van der Waals surface area contributed by atoms with Crippen molar-refractivity contribution in [3.8, 4) is 0 Å². The summed E-state index contributed by atoms with van der Waals surface area (Å²) in [5.41, 5.74) is 7.73. The Kier molecular flexibility index (Phi) is 4.42. The molecule has 0 aliphatic carbocycles. The Labute approximate surface area is 122 Å². The van der Waals surface area contributed by atoms with Gasteiger partial charge in [0.1, 0.15) is 5.82 Å². The molecule has 2 aromatic rings. The van der Waals surface area contributed by atoms with Crippen LogP contribution < -0.4 is 10.6 Å². The summed E-state index contributed by atoms with van der Waals surface area (Å²) >= 11 is 0. The third kappa shape index (κ3) is 3.31. The summed E-state index contributed by atoms with van der Waals surface area (Å²) in [6.07, 6.45) is 0. The summed E-state index contributed by atoms with van der Waals surface area (Å²) < 4.78 is 18.5. The number of methoxy groups -OCH3 is 1. The third-order valence-electron chi connectivity index (χ3n) is 3.20. The molecular weight excluding hydrogens is 271 g/mol. The summed E-state index contributed by atoms with van der Waals surface area (Å²) in [4.78, 5) is 13.6. The van der Waals surface area contributed by atoms with Gasteiger partial charge in [-0.3, -0.25) is 0 Å². The van der Waals surface area contributed by atoms with Crippen LogP contribution in [0.15, 0.2) is 42.5 Å². The molecule has 0 radical (unpaired) electrons. The van der Waals surface area contributed by atoms with Gasteiger partial charge in [0, 0.05) is 24.8 Å². The van der Waals surface area contributed by atoms with E-state index >= 15 is 0 Å². The molecule has 0 unspecified atom stereocenters. The molecule has 0 heterocycles. The Balaban J connectivity index is 2.33. The molecule has 21 heavy (non-hydrogen) atoms. The lowest BCUT2D eigenvalue weighted by Gasteiger charge is -2.22. The summed E-state index contributed by atoms with van der Waals surface area (Å²) in [7, 11) is 3.09. The zero-order chi connectivity index (χ0) is 15.4. The lowest BCUT2D eigenvalue weighted by molar-refractivity contribution is 0.0601. The number of anilines is 2. The number of hydrogen-bond donors (Lipinski definition) is 1. The average molecular weight is 288 g/mol. The minimum atomic E-state index is -0.474. The largest absolute Gasteiger partial charge is 0.465 e. The number of nitrogens with two attached hydrogens (primary N) is 1. The van der Waals surface area contributed by atoms with Gasteiger partial charge in [-0.05, 0) is 24.3 Å². The SMILES string of the molecule is COC(=O)c1cc(N)ccc1N(C)Cc1ccccc1F. The maximum absolute atomic E-state index is 13.7. The molecule has 2 N–H and O–H groups in total. The Morgan fingerprint density at radius 3 is 2.67 bits per heavy atom. The zero-order valence-electron chi connectivity index (χ0n) is 12.0. The number of nitrogens with zero attached hydrogens (tertiary/aromatic N) is 1. The number of ether oxygens (including phenoxy) is 1. The number of carbonyl (C=O) groups is 1. The summed E-state index contributed by atoms with van der Waals surface area (Å²) in [6, 6.07) is 11.5. The fourth-order valence-electron chi connectivity index (χ4n) is 2.13. The molecule has 2 aromatic carbocycles. The molecule has 0 spiro atoms. The molecule has 0 bridgehead atoms. The maximum atomic E-state index is 13.7. The molecule has 110 valence electrons. The van der Waals surface area contributed by atoms with Crippen LogP contribution in [0.25, 0.3) is 0 Å². The molecule has 0 saturated carbocycles. The average Bonchev–Trinajstić information content (AvgIpc) is 2.48. The Morgan fingerprint density at radius 1 is 1.29 bits per heavy atom. The molecule has 0 aliphatic heterocycles. The normalized spacial score (nSPS) is 10.2. The van der Waals surface area contributed by atoms with Gasteiger partial charge in [-0.15, -0.1) is 0 Å². The number of carbonyl (C=O) groups excluding carboxylic acids is 1. The van der Waals surface area contributed by atoms with Crippen molar-refractivity contribution in [1.29, 1.82) is 0 Å². The second kappa shape index (κ2) is 6.26. The number of hydrogen-bond acceptors (Lipinski definition) is 4. The van der Waals surface area contributed by atoms with Crippen LogP contribution >= 0.6 is 0 Å². The first-order valence-electron chi connectivity index (χ1n) is 6.45. The second-order valence-electron chi connectivity index (χ2n) is 4.72. The molecule has 5 heteroatoms. The van der Waals surface area contributed by atoms with E-state index in [-0.39, 0.29) is 5.82 Å². The van der Waals surface area contributed by atoms with Crippen molar-refractivity contribution in [3.63, 3.8) is 0 Å².